The molecule has 11 atom stereocenters. The van der Waals surface area contributed by atoms with Gasteiger partial charge in [-0.2, -0.15) is 0 Å². The maximum absolute atomic E-state index is 14.0. The SMILES string of the molecule is C=CC(C)(O)CC/C=C(\C)C(=O)O[C@@H]1[C@@H](O)[C@H](C)O[C@@H](Oc2cc(O)c3c(=O)c(O[C@@H]4O[C@H](CO)[C@@H](O)[C@H](O)[C@H]4O)c(-c4ccc(O)cc4)oc3c2)[C@@H]1O. The molecule has 0 aliphatic carbocycles. The zero-order valence-electron chi connectivity index (χ0n) is 29.5. The van der Waals surface area contributed by atoms with Crippen molar-refractivity contribution in [2.24, 2.45) is 0 Å². The van der Waals surface area contributed by atoms with E-state index in [1.165, 1.54) is 56.3 Å². The monoisotopic (exact) mass is 760 g/mol. The molecular formula is C37H44O17. The first-order valence-corrected chi connectivity index (χ1v) is 17.0. The van der Waals surface area contributed by atoms with Gasteiger partial charge in [0.1, 0.15) is 58.7 Å². The van der Waals surface area contributed by atoms with Crippen molar-refractivity contribution in [3.05, 3.63) is 70.9 Å². The minimum absolute atomic E-state index is 0.134. The van der Waals surface area contributed by atoms with E-state index in [4.69, 9.17) is 28.1 Å². The van der Waals surface area contributed by atoms with E-state index < -0.39 is 102 Å². The lowest BCUT2D eigenvalue weighted by Gasteiger charge is -2.40. The first-order valence-electron chi connectivity index (χ1n) is 17.0. The summed E-state index contributed by atoms with van der Waals surface area (Å²) >= 11 is 0. The molecule has 2 aliphatic rings. The van der Waals surface area contributed by atoms with Crippen LogP contribution in [0.1, 0.15) is 33.6 Å². The largest absolute Gasteiger partial charge is 0.508 e. The van der Waals surface area contributed by atoms with Crippen LogP contribution in [0.5, 0.6) is 23.0 Å². The lowest BCUT2D eigenvalue weighted by atomic mass is 9.99. The van der Waals surface area contributed by atoms with Crippen LogP contribution in [0.3, 0.4) is 0 Å². The Morgan fingerprint density at radius 3 is 2.26 bits per heavy atom. The van der Waals surface area contributed by atoms with Gasteiger partial charge in [0.2, 0.25) is 23.8 Å². The molecule has 17 heteroatoms. The molecule has 0 amide bonds. The van der Waals surface area contributed by atoms with Crippen molar-refractivity contribution >= 4 is 16.9 Å². The second-order valence-corrected chi connectivity index (χ2v) is 13.4. The average molecular weight is 761 g/mol. The number of carbonyl (C=O) groups is 1. The standard InChI is InChI=1S/C37H44O17/c1-5-37(4,48)12-6-7-16(2)34(47)53-32-25(41)17(3)49-36(30(32)46)50-20-13-21(40)24-22(14-20)51-31(18-8-10-19(39)11-9-18)33(27(24)43)54-35-29(45)28(44)26(42)23(15-38)52-35/h5,7-11,13-14,17,23,25-26,28-30,32,35-36,38-42,44-46,48H,1,6,12,15H2,2-4H3/b16-7+/t17-,23+,25-,26+,28-,29+,30+,32+,35-,36-,37?/m0/s1. The van der Waals surface area contributed by atoms with Crippen LogP contribution in [-0.4, -0.2) is 126 Å². The number of phenols is 2. The fourth-order valence-electron chi connectivity index (χ4n) is 5.87. The summed E-state index contributed by atoms with van der Waals surface area (Å²) in [5.41, 5.74) is -2.11. The van der Waals surface area contributed by atoms with Crippen molar-refractivity contribution in [2.75, 3.05) is 6.61 Å². The van der Waals surface area contributed by atoms with Crippen molar-refractivity contribution in [1.82, 2.24) is 0 Å². The van der Waals surface area contributed by atoms with Gasteiger partial charge in [-0.1, -0.05) is 12.2 Å². The lowest BCUT2D eigenvalue weighted by Crippen LogP contribution is -2.60. The number of aliphatic hydroxyl groups is 7. The van der Waals surface area contributed by atoms with E-state index in [-0.39, 0.29) is 40.4 Å². The van der Waals surface area contributed by atoms with Crippen molar-refractivity contribution in [1.29, 1.82) is 0 Å². The number of benzene rings is 2. The second-order valence-electron chi connectivity index (χ2n) is 13.4. The predicted octanol–water partition coefficient (Wildman–Crippen LogP) is 0.471. The van der Waals surface area contributed by atoms with E-state index in [0.717, 1.165) is 6.07 Å². The van der Waals surface area contributed by atoms with Crippen LogP contribution in [0.25, 0.3) is 22.3 Å². The fraction of sp³-hybridized carbons (Fsp3) is 0.459. The normalized spacial score (nSPS) is 30.0. The molecule has 1 aromatic heterocycles. The summed E-state index contributed by atoms with van der Waals surface area (Å²) < 4.78 is 34.1. The van der Waals surface area contributed by atoms with Gasteiger partial charge in [-0.15, -0.1) is 6.58 Å². The van der Waals surface area contributed by atoms with E-state index in [0.29, 0.717) is 6.42 Å². The Labute approximate surface area is 308 Å². The van der Waals surface area contributed by atoms with Gasteiger partial charge in [-0.05, 0) is 57.9 Å². The van der Waals surface area contributed by atoms with E-state index in [1.807, 2.05) is 0 Å². The van der Waals surface area contributed by atoms with Gasteiger partial charge in [-0.25, -0.2) is 4.79 Å². The number of esters is 1. The highest BCUT2D eigenvalue weighted by molar-refractivity contribution is 5.89. The van der Waals surface area contributed by atoms with Crippen molar-refractivity contribution in [3.8, 4) is 34.3 Å². The predicted molar refractivity (Wildman–Crippen MR) is 186 cm³/mol. The number of hydrogen-bond acceptors (Lipinski definition) is 17. The average Bonchev–Trinajstić information content (AvgIpc) is 3.13. The number of aliphatic hydroxyl groups excluding tert-OH is 6. The van der Waals surface area contributed by atoms with E-state index in [2.05, 4.69) is 6.58 Å². The molecule has 3 aromatic rings. The first kappa shape index (κ1) is 40.6. The van der Waals surface area contributed by atoms with Crippen molar-refractivity contribution in [2.45, 2.75) is 101 Å². The number of phenolic OH excluding ortho intramolecular Hbond substituents is 2. The molecule has 0 saturated carbocycles. The summed E-state index contributed by atoms with van der Waals surface area (Å²) in [6.45, 7) is 7.27. The van der Waals surface area contributed by atoms with Gasteiger partial charge in [-0.3, -0.25) is 4.79 Å². The number of carbonyl (C=O) groups excluding carboxylic acids is 1. The molecule has 2 saturated heterocycles. The van der Waals surface area contributed by atoms with Crippen LogP contribution in [0.2, 0.25) is 0 Å². The van der Waals surface area contributed by atoms with Gasteiger partial charge in [0.05, 0.1) is 18.3 Å². The van der Waals surface area contributed by atoms with Crippen LogP contribution in [0, 0.1) is 0 Å². The molecule has 0 bridgehead atoms. The minimum atomic E-state index is -1.90. The molecule has 2 aliphatic heterocycles. The van der Waals surface area contributed by atoms with Crippen LogP contribution in [-0.2, 0) is 19.0 Å². The molecule has 54 heavy (non-hydrogen) atoms. The Morgan fingerprint density at radius 1 is 0.944 bits per heavy atom. The Hall–Kier alpha value is -4.56. The molecule has 294 valence electrons. The Balaban J connectivity index is 1.45. The quantitative estimate of drug-likeness (QED) is 0.0689. The third-order valence-corrected chi connectivity index (χ3v) is 9.26. The smallest absolute Gasteiger partial charge is 0.333 e. The third-order valence-electron chi connectivity index (χ3n) is 9.26. The van der Waals surface area contributed by atoms with Gasteiger partial charge < -0.3 is 74.1 Å². The highest BCUT2D eigenvalue weighted by atomic mass is 16.7. The summed E-state index contributed by atoms with van der Waals surface area (Å²) in [5, 5.41) is 93.2. The second kappa shape index (κ2) is 16.4. The van der Waals surface area contributed by atoms with Gasteiger partial charge in [0, 0.05) is 23.3 Å². The van der Waals surface area contributed by atoms with Gasteiger partial charge in [0.25, 0.3) is 0 Å². The van der Waals surface area contributed by atoms with E-state index >= 15 is 0 Å². The summed E-state index contributed by atoms with van der Waals surface area (Å²) in [4.78, 5) is 26.8. The van der Waals surface area contributed by atoms with Gasteiger partial charge in [0.15, 0.2) is 18.0 Å². The minimum Gasteiger partial charge on any atom is -0.508 e. The molecule has 3 heterocycles. The van der Waals surface area contributed by atoms with Crippen LogP contribution >= 0.6 is 0 Å². The summed E-state index contributed by atoms with van der Waals surface area (Å²) in [6.07, 6.45) is -12.5. The number of hydrogen-bond donors (Lipinski definition) is 9. The molecule has 0 radical (unpaired) electrons. The molecule has 2 aromatic carbocycles. The van der Waals surface area contributed by atoms with E-state index in [1.54, 1.807) is 6.92 Å². The van der Waals surface area contributed by atoms with Gasteiger partial charge >= 0.3 is 5.97 Å². The molecule has 0 spiro atoms. The Kier molecular flexibility index (Phi) is 12.4. The number of aromatic hydroxyl groups is 2. The molecule has 2 fully saturated rings. The highest BCUT2D eigenvalue weighted by Gasteiger charge is 2.47. The molecular weight excluding hydrogens is 716 g/mol. The zero-order valence-corrected chi connectivity index (χ0v) is 29.5. The summed E-state index contributed by atoms with van der Waals surface area (Å²) in [5.74, 6) is -2.80. The van der Waals surface area contributed by atoms with Crippen LogP contribution < -0.4 is 14.9 Å². The fourth-order valence-corrected chi connectivity index (χ4v) is 5.87. The van der Waals surface area contributed by atoms with E-state index in [9.17, 15) is 55.5 Å². The molecule has 5 rings (SSSR count). The van der Waals surface area contributed by atoms with Crippen LogP contribution in [0.15, 0.2) is 69.9 Å². The van der Waals surface area contributed by atoms with Crippen LogP contribution in [0.4, 0.5) is 0 Å². The maximum Gasteiger partial charge on any atom is 0.333 e. The zero-order chi connectivity index (χ0) is 39.6. The first-order chi connectivity index (χ1) is 25.5. The molecule has 1 unspecified atom stereocenters. The molecule has 17 nitrogen and oxygen atoms in total. The summed E-state index contributed by atoms with van der Waals surface area (Å²) in [6, 6.07) is 7.45. The number of ether oxygens (including phenoxy) is 5. The number of rotatable bonds is 12. The molecule has 9 N–H and O–H groups in total. The lowest BCUT2D eigenvalue weighted by molar-refractivity contribution is -0.277. The van der Waals surface area contributed by atoms with Crippen molar-refractivity contribution in [3.63, 3.8) is 0 Å². The summed E-state index contributed by atoms with van der Waals surface area (Å²) in [7, 11) is 0. The number of fused-ring (bicyclic) bond motifs is 1. The highest BCUT2D eigenvalue weighted by Crippen LogP contribution is 2.38. The topological polar surface area (TPSA) is 275 Å². The number of allylic oxidation sites excluding steroid dienone is 1. The third kappa shape index (κ3) is 8.54. The Morgan fingerprint density at radius 2 is 1.61 bits per heavy atom. The maximum atomic E-state index is 14.0. The van der Waals surface area contributed by atoms with Crippen molar-refractivity contribution < 1.29 is 78.9 Å². The Bertz CT molecular complexity index is 1900.